The largest absolute Gasteiger partial charge is 0.487 e. The van der Waals surface area contributed by atoms with E-state index in [0.29, 0.717) is 12.5 Å². The number of nitriles is 1. The fourth-order valence-corrected chi connectivity index (χ4v) is 2.05. The second kappa shape index (κ2) is 7.74. The molecule has 0 spiro atoms. The van der Waals surface area contributed by atoms with Gasteiger partial charge in [0.25, 0.3) is 0 Å². The van der Waals surface area contributed by atoms with Gasteiger partial charge in [-0.15, -0.1) is 0 Å². The number of nitro benzene ring substituents is 1. The van der Waals surface area contributed by atoms with Gasteiger partial charge in [0, 0.05) is 12.1 Å². The predicted molar refractivity (Wildman–Crippen MR) is 85.1 cm³/mol. The van der Waals surface area contributed by atoms with E-state index in [-0.39, 0.29) is 35.1 Å². The molecule has 0 unspecified atom stereocenters. The van der Waals surface area contributed by atoms with E-state index in [9.17, 15) is 23.3 Å². The number of nitrogens with zero attached hydrogens (tertiary/aromatic N) is 2. The zero-order valence-electron chi connectivity index (χ0n) is 13.5. The van der Waals surface area contributed by atoms with Crippen molar-refractivity contribution < 1.29 is 27.6 Å². The molecule has 136 valence electrons. The van der Waals surface area contributed by atoms with E-state index < -0.39 is 16.7 Å². The van der Waals surface area contributed by atoms with E-state index in [2.05, 4.69) is 0 Å². The standard InChI is InChI=1S/C17H13F3N2O4/c1-2-7-25-16-9-13(4-5-14(16)22(23)24)26-15-6-3-12(17(18,19)20)8-11(15)10-21/h3-6,8-9H,2,7H2,1H3. The molecule has 0 saturated heterocycles. The number of benzene rings is 2. The van der Waals surface area contributed by atoms with Crippen molar-refractivity contribution in [3.05, 3.63) is 57.6 Å². The molecule has 0 radical (unpaired) electrons. The van der Waals surface area contributed by atoms with Gasteiger partial charge in [-0.2, -0.15) is 18.4 Å². The van der Waals surface area contributed by atoms with Crippen LogP contribution in [0.4, 0.5) is 18.9 Å². The molecule has 0 aliphatic carbocycles. The summed E-state index contributed by atoms with van der Waals surface area (Å²) in [6, 6.07) is 7.82. The summed E-state index contributed by atoms with van der Waals surface area (Å²) in [5.41, 5.74) is -1.55. The minimum absolute atomic E-state index is 0.0280. The van der Waals surface area contributed by atoms with Crippen LogP contribution in [0.1, 0.15) is 24.5 Å². The molecule has 0 aliphatic rings. The van der Waals surface area contributed by atoms with E-state index in [4.69, 9.17) is 14.7 Å². The molecule has 0 amide bonds. The number of nitro groups is 1. The molecule has 0 fully saturated rings. The molecule has 0 aromatic heterocycles. The lowest BCUT2D eigenvalue weighted by molar-refractivity contribution is -0.385. The van der Waals surface area contributed by atoms with Gasteiger partial charge in [-0.1, -0.05) is 6.92 Å². The fraction of sp³-hybridized carbons (Fsp3) is 0.235. The second-order valence-corrected chi connectivity index (χ2v) is 5.16. The molecule has 2 rings (SSSR count). The molecular formula is C17H13F3N2O4. The van der Waals surface area contributed by atoms with Gasteiger partial charge in [0.1, 0.15) is 17.6 Å². The van der Waals surface area contributed by atoms with Crippen LogP contribution in [0.25, 0.3) is 0 Å². The van der Waals surface area contributed by atoms with Crippen LogP contribution in [0.3, 0.4) is 0 Å². The summed E-state index contributed by atoms with van der Waals surface area (Å²) >= 11 is 0. The summed E-state index contributed by atoms with van der Waals surface area (Å²) in [7, 11) is 0. The first kappa shape index (κ1) is 19.1. The van der Waals surface area contributed by atoms with Crippen molar-refractivity contribution in [1.29, 1.82) is 5.26 Å². The van der Waals surface area contributed by atoms with Gasteiger partial charge in [-0.3, -0.25) is 10.1 Å². The average Bonchev–Trinajstić information content (AvgIpc) is 2.59. The van der Waals surface area contributed by atoms with Crippen LogP contribution in [0.5, 0.6) is 17.2 Å². The summed E-state index contributed by atoms with van der Waals surface area (Å²) < 4.78 is 48.9. The molecule has 0 aliphatic heterocycles. The van der Waals surface area contributed by atoms with Gasteiger partial charge in [0.15, 0.2) is 0 Å². The first-order valence-corrected chi connectivity index (χ1v) is 7.46. The van der Waals surface area contributed by atoms with Crippen LogP contribution < -0.4 is 9.47 Å². The highest BCUT2D eigenvalue weighted by Crippen LogP contribution is 2.36. The SMILES string of the molecule is CCCOc1cc(Oc2ccc(C(F)(F)F)cc2C#N)ccc1[N+](=O)[O-]. The van der Waals surface area contributed by atoms with E-state index in [0.717, 1.165) is 18.2 Å². The Morgan fingerprint density at radius 1 is 1.19 bits per heavy atom. The van der Waals surface area contributed by atoms with Gasteiger partial charge in [0.2, 0.25) is 5.75 Å². The van der Waals surface area contributed by atoms with Gasteiger partial charge in [0.05, 0.1) is 22.7 Å². The lowest BCUT2D eigenvalue weighted by atomic mass is 10.1. The molecule has 0 N–H and O–H groups in total. The summed E-state index contributed by atoms with van der Waals surface area (Å²) in [6.07, 6.45) is -3.96. The van der Waals surface area contributed by atoms with E-state index in [1.165, 1.54) is 12.1 Å². The minimum Gasteiger partial charge on any atom is -0.487 e. The highest BCUT2D eigenvalue weighted by atomic mass is 19.4. The number of hydrogen-bond acceptors (Lipinski definition) is 5. The Morgan fingerprint density at radius 3 is 2.50 bits per heavy atom. The third-order valence-electron chi connectivity index (χ3n) is 3.24. The molecule has 0 saturated carbocycles. The number of ether oxygens (including phenoxy) is 2. The molecule has 0 atom stereocenters. The molecule has 9 heteroatoms. The third kappa shape index (κ3) is 4.42. The van der Waals surface area contributed by atoms with E-state index in [1.54, 1.807) is 6.07 Å². The smallest absolute Gasteiger partial charge is 0.416 e. The van der Waals surface area contributed by atoms with E-state index in [1.807, 2.05) is 6.92 Å². The fourth-order valence-electron chi connectivity index (χ4n) is 2.05. The van der Waals surface area contributed by atoms with Gasteiger partial charge in [-0.05, 0) is 30.7 Å². The van der Waals surface area contributed by atoms with Crippen LogP contribution in [-0.4, -0.2) is 11.5 Å². The maximum Gasteiger partial charge on any atom is 0.416 e. The Labute approximate surface area is 146 Å². The van der Waals surface area contributed by atoms with Crippen molar-refractivity contribution in [1.82, 2.24) is 0 Å². The number of alkyl halides is 3. The Balaban J connectivity index is 2.36. The first-order valence-electron chi connectivity index (χ1n) is 7.46. The normalized spacial score (nSPS) is 10.9. The minimum atomic E-state index is -4.58. The van der Waals surface area contributed by atoms with Crippen LogP contribution in [-0.2, 0) is 6.18 Å². The molecule has 2 aromatic carbocycles. The van der Waals surface area contributed by atoms with Gasteiger partial charge in [-0.25, -0.2) is 0 Å². The Morgan fingerprint density at radius 2 is 1.92 bits per heavy atom. The molecule has 2 aromatic rings. The quantitative estimate of drug-likeness (QED) is 0.526. The summed E-state index contributed by atoms with van der Waals surface area (Å²) in [4.78, 5) is 10.4. The van der Waals surface area contributed by atoms with Crippen molar-refractivity contribution in [2.45, 2.75) is 19.5 Å². The topological polar surface area (TPSA) is 85.4 Å². The lowest BCUT2D eigenvalue weighted by Gasteiger charge is -2.12. The maximum absolute atomic E-state index is 12.7. The van der Waals surface area contributed by atoms with Crippen LogP contribution >= 0.6 is 0 Å². The van der Waals surface area contributed by atoms with Crippen molar-refractivity contribution in [3.8, 4) is 23.3 Å². The summed E-state index contributed by atoms with van der Waals surface area (Å²) in [5.74, 6) is -0.0338. The average molecular weight is 366 g/mol. The van der Waals surface area contributed by atoms with Crippen LogP contribution in [0.15, 0.2) is 36.4 Å². The third-order valence-corrected chi connectivity index (χ3v) is 3.24. The summed E-state index contributed by atoms with van der Waals surface area (Å²) in [5, 5.41) is 20.1. The van der Waals surface area contributed by atoms with Crippen LogP contribution in [0.2, 0.25) is 0 Å². The van der Waals surface area contributed by atoms with Gasteiger partial charge >= 0.3 is 11.9 Å². The van der Waals surface area contributed by atoms with Crippen LogP contribution in [0, 0.1) is 21.4 Å². The first-order chi connectivity index (χ1) is 12.3. The highest BCUT2D eigenvalue weighted by Gasteiger charge is 2.31. The number of halogens is 3. The summed E-state index contributed by atoms with van der Waals surface area (Å²) in [6.45, 7) is 2.07. The number of hydrogen-bond donors (Lipinski definition) is 0. The molecule has 0 bridgehead atoms. The predicted octanol–water partition coefficient (Wildman–Crippen LogP) is 5.07. The Hall–Kier alpha value is -3.28. The monoisotopic (exact) mass is 366 g/mol. The van der Waals surface area contributed by atoms with Crippen molar-refractivity contribution in [2.24, 2.45) is 0 Å². The van der Waals surface area contributed by atoms with Crippen molar-refractivity contribution in [3.63, 3.8) is 0 Å². The second-order valence-electron chi connectivity index (χ2n) is 5.16. The van der Waals surface area contributed by atoms with Crippen molar-refractivity contribution in [2.75, 3.05) is 6.61 Å². The lowest BCUT2D eigenvalue weighted by Crippen LogP contribution is -2.05. The maximum atomic E-state index is 12.7. The number of rotatable bonds is 6. The highest BCUT2D eigenvalue weighted by molar-refractivity contribution is 5.53. The molecule has 0 heterocycles. The van der Waals surface area contributed by atoms with E-state index >= 15 is 0 Å². The molecule has 26 heavy (non-hydrogen) atoms. The zero-order valence-corrected chi connectivity index (χ0v) is 13.5. The zero-order chi connectivity index (χ0) is 19.3. The van der Waals surface area contributed by atoms with Crippen molar-refractivity contribution >= 4 is 5.69 Å². The Kier molecular flexibility index (Phi) is 5.67. The van der Waals surface area contributed by atoms with Gasteiger partial charge < -0.3 is 9.47 Å². The Bertz CT molecular complexity index is 860. The molecular weight excluding hydrogens is 353 g/mol. The molecule has 6 nitrogen and oxygen atoms in total.